The third kappa shape index (κ3) is 6.53. The van der Waals surface area contributed by atoms with Crippen molar-refractivity contribution >= 4 is 17.4 Å². The molecule has 192 valence electrons. The second-order valence-corrected chi connectivity index (χ2v) is 9.53. The molecule has 0 fully saturated rings. The average Bonchev–Trinajstić information content (AvgIpc) is 2.87. The smallest absolute Gasteiger partial charge is 0.307 e. The van der Waals surface area contributed by atoms with Crippen LogP contribution < -0.4 is 15.6 Å². The third-order valence-corrected chi connectivity index (χ3v) is 6.45. The number of esters is 1. The van der Waals surface area contributed by atoms with Gasteiger partial charge in [0.2, 0.25) is 5.91 Å². The Balaban J connectivity index is 2.02. The lowest BCUT2D eigenvalue weighted by Gasteiger charge is -2.26. The largest absolute Gasteiger partial charge is 0.496 e. The highest BCUT2D eigenvalue weighted by molar-refractivity contribution is 5.83. The molecule has 2 atom stereocenters. The van der Waals surface area contributed by atoms with Crippen LogP contribution in [0.4, 0.5) is 0 Å². The quantitative estimate of drug-likeness (QED) is 0.472. The Kier molecular flexibility index (Phi) is 9.28. The van der Waals surface area contributed by atoms with Crippen LogP contribution in [0.15, 0.2) is 65.1 Å². The van der Waals surface area contributed by atoms with Crippen LogP contribution in [0.2, 0.25) is 0 Å². The lowest BCUT2D eigenvalue weighted by molar-refractivity contribution is -0.141. The fourth-order valence-corrected chi connectivity index (χ4v) is 4.51. The lowest BCUT2D eigenvalue weighted by atomic mass is 9.90. The number of carbonyl (C=O) groups is 2. The molecule has 2 aromatic rings. The summed E-state index contributed by atoms with van der Waals surface area (Å²) in [6.07, 6.45) is 8.25. The van der Waals surface area contributed by atoms with Crippen molar-refractivity contribution in [3.63, 3.8) is 0 Å². The first-order valence-corrected chi connectivity index (χ1v) is 12.3. The van der Waals surface area contributed by atoms with E-state index in [9.17, 15) is 14.4 Å². The standard InChI is InChI=1S/C29H36N2O5/c1-19(2)16-25(31-15-9-8-12-27(31)32)29(34)30-24(18-28(33)36-5)21-13-14-26(35-4)23(17-21)22-11-7-6-10-20(22)3/h7-9,11-15,17,19,24-25H,6,10,16,18H2,1-5H3,(H,30,34). The van der Waals surface area contributed by atoms with Gasteiger partial charge in [-0.15, -0.1) is 0 Å². The number of nitrogens with one attached hydrogen (secondary N) is 1. The van der Waals surface area contributed by atoms with Crippen LogP contribution in [0.3, 0.4) is 0 Å². The second kappa shape index (κ2) is 12.4. The Bertz CT molecular complexity index is 1210. The Labute approximate surface area is 212 Å². The topological polar surface area (TPSA) is 86.6 Å². The van der Waals surface area contributed by atoms with Gasteiger partial charge in [0, 0.05) is 17.8 Å². The maximum Gasteiger partial charge on any atom is 0.307 e. The number of carbonyl (C=O) groups excluding carboxylic acids is 2. The van der Waals surface area contributed by atoms with Gasteiger partial charge in [0.15, 0.2) is 0 Å². The zero-order valence-electron chi connectivity index (χ0n) is 21.7. The molecule has 1 heterocycles. The summed E-state index contributed by atoms with van der Waals surface area (Å²) in [6.45, 7) is 6.11. The van der Waals surface area contributed by atoms with Gasteiger partial charge in [0.1, 0.15) is 11.8 Å². The molecular weight excluding hydrogens is 456 g/mol. The summed E-state index contributed by atoms with van der Waals surface area (Å²) in [4.78, 5) is 38.4. The zero-order chi connectivity index (χ0) is 26.2. The van der Waals surface area contributed by atoms with Gasteiger partial charge in [0.25, 0.3) is 5.56 Å². The highest BCUT2D eigenvalue weighted by atomic mass is 16.5. The highest BCUT2D eigenvalue weighted by Crippen LogP contribution is 2.35. The number of amides is 1. The molecule has 0 saturated heterocycles. The fraction of sp³-hybridized carbons (Fsp3) is 0.414. The third-order valence-electron chi connectivity index (χ3n) is 6.45. The van der Waals surface area contributed by atoms with Gasteiger partial charge in [-0.25, -0.2) is 0 Å². The molecule has 0 spiro atoms. The van der Waals surface area contributed by atoms with Crippen molar-refractivity contribution in [1.29, 1.82) is 0 Å². The number of rotatable bonds is 10. The van der Waals surface area contributed by atoms with E-state index in [1.165, 1.54) is 23.3 Å². The van der Waals surface area contributed by atoms with Gasteiger partial charge in [-0.3, -0.25) is 14.4 Å². The first kappa shape index (κ1) is 27.0. The molecular formula is C29H36N2O5. The number of allylic oxidation sites excluding steroid dienone is 4. The van der Waals surface area contributed by atoms with Crippen molar-refractivity contribution in [1.82, 2.24) is 9.88 Å². The second-order valence-electron chi connectivity index (χ2n) is 9.53. The summed E-state index contributed by atoms with van der Waals surface area (Å²) >= 11 is 0. The minimum atomic E-state index is -0.706. The van der Waals surface area contributed by atoms with Gasteiger partial charge in [-0.2, -0.15) is 0 Å². The molecule has 1 aromatic carbocycles. The van der Waals surface area contributed by atoms with Crippen LogP contribution >= 0.6 is 0 Å². The summed E-state index contributed by atoms with van der Waals surface area (Å²) in [5.74, 6) is 0.128. The maximum atomic E-state index is 13.6. The predicted molar refractivity (Wildman–Crippen MR) is 141 cm³/mol. The average molecular weight is 493 g/mol. The van der Waals surface area contributed by atoms with Gasteiger partial charge >= 0.3 is 5.97 Å². The lowest BCUT2D eigenvalue weighted by Crippen LogP contribution is -2.40. The molecule has 1 amide bonds. The highest BCUT2D eigenvalue weighted by Gasteiger charge is 2.27. The Morgan fingerprint density at radius 1 is 1.14 bits per heavy atom. The van der Waals surface area contributed by atoms with Crippen LogP contribution in [0.25, 0.3) is 5.57 Å². The molecule has 0 radical (unpaired) electrons. The number of hydrogen-bond acceptors (Lipinski definition) is 5. The molecule has 1 aliphatic rings. The van der Waals surface area contributed by atoms with Crippen LogP contribution in [-0.2, 0) is 14.3 Å². The molecule has 3 rings (SSSR count). The Morgan fingerprint density at radius 3 is 2.56 bits per heavy atom. The zero-order valence-corrected chi connectivity index (χ0v) is 21.7. The van der Waals surface area contributed by atoms with Crippen molar-refractivity contribution in [2.45, 2.75) is 58.5 Å². The number of nitrogens with zero attached hydrogens (tertiary/aromatic N) is 1. The number of hydrogen-bond donors (Lipinski definition) is 1. The minimum absolute atomic E-state index is 0.0417. The molecule has 1 N–H and O–H groups in total. The van der Waals surface area contributed by atoms with E-state index >= 15 is 0 Å². The minimum Gasteiger partial charge on any atom is -0.496 e. The number of pyridine rings is 1. The van der Waals surface area contributed by atoms with E-state index in [0.29, 0.717) is 6.42 Å². The normalized spacial score (nSPS) is 14.9. The molecule has 1 aliphatic carbocycles. The van der Waals surface area contributed by atoms with Crippen LogP contribution in [0, 0.1) is 5.92 Å². The van der Waals surface area contributed by atoms with Crippen molar-refractivity contribution < 1.29 is 19.1 Å². The van der Waals surface area contributed by atoms with Gasteiger partial charge in [-0.1, -0.05) is 43.7 Å². The number of benzene rings is 1. The summed E-state index contributed by atoms with van der Waals surface area (Å²) in [7, 11) is 2.95. The Morgan fingerprint density at radius 2 is 1.92 bits per heavy atom. The first-order chi connectivity index (χ1) is 17.2. The molecule has 0 aliphatic heterocycles. The predicted octanol–water partition coefficient (Wildman–Crippen LogP) is 4.99. The molecule has 7 heteroatoms. The molecule has 2 unspecified atom stereocenters. The molecule has 7 nitrogen and oxygen atoms in total. The number of methoxy groups -OCH3 is 2. The van der Waals surface area contributed by atoms with E-state index in [-0.39, 0.29) is 23.8 Å². The number of ether oxygens (including phenoxy) is 2. The van der Waals surface area contributed by atoms with Gasteiger partial charge in [0.05, 0.1) is 26.7 Å². The van der Waals surface area contributed by atoms with Crippen LogP contribution in [0.1, 0.15) is 69.7 Å². The SMILES string of the molecule is COC(=O)CC(NC(=O)C(CC(C)C)n1ccccc1=O)c1ccc(OC)c(C2=C(C)CCC=C2)c1. The van der Waals surface area contributed by atoms with Crippen molar-refractivity contribution in [3.8, 4) is 5.75 Å². The van der Waals surface area contributed by atoms with E-state index in [0.717, 1.165) is 35.3 Å². The monoisotopic (exact) mass is 492 g/mol. The van der Waals surface area contributed by atoms with Crippen LogP contribution in [0.5, 0.6) is 5.75 Å². The van der Waals surface area contributed by atoms with Crippen molar-refractivity contribution in [2.75, 3.05) is 14.2 Å². The van der Waals surface area contributed by atoms with Crippen molar-refractivity contribution in [3.05, 3.63) is 81.8 Å². The van der Waals surface area contributed by atoms with Gasteiger partial charge < -0.3 is 19.4 Å². The van der Waals surface area contributed by atoms with E-state index in [1.807, 2.05) is 32.0 Å². The molecule has 0 saturated carbocycles. The summed E-state index contributed by atoms with van der Waals surface area (Å²) in [5.41, 5.74) is 3.75. The Hall–Kier alpha value is -3.61. The maximum absolute atomic E-state index is 13.6. The van der Waals surface area contributed by atoms with E-state index in [4.69, 9.17) is 9.47 Å². The molecule has 0 bridgehead atoms. The first-order valence-electron chi connectivity index (χ1n) is 12.3. The molecule has 1 aromatic heterocycles. The van der Waals surface area contributed by atoms with E-state index < -0.39 is 18.1 Å². The van der Waals surface area contributed by atoms with Gasteiger partial charge in [-0.05, 0) is 61.4 Å². The van der Waals surface area contributed by atoms with Crippen LogP contribution in [-0.4, -0.2) is 30.7 Å². The van der Waals surface area contributed by atoms with E-state index in [2.05, 4.69) is 24.4 Å². The summed E-state index contributed by atoms with van der Waals surface area (Å²) in [5, 5.41) is 3.03. The van der Waals surface area contributed by atoms with Crippen molar-refractivity contribution in [2.24, 2.45) is 5.92 Å². The molecule has 36 heavy (non-hydrogen) atoms. The number of aromatic nitrogens is 1. The summed E-state index contributed by atoms with van der Waals surface area (Å²) in [6, 6.07) is 9.15. The summed E-state index contributed by atoms with van der Waals surface area (Å²) < 4.78 is 12.0. The van der Waals surface area contributed by atoms with E-state index in [1.54, 1.807) is 25.4 Å². The fourth-order valence-electron chi connectivity index (χ4n) is 4.51.